The fourth-order valence-electron chi connectivity index (χ4n) is 4.41. The van der Waals surface area contributed by atoms with Crippen molar-refractivity contribution < 1.29 is 19.6 Å². The summed E-state index contributed by atoms with van der Waals surface area (Å²) in [6.45, 7) is 6.82. The second-order valence-electron chi connectivity index (χ2n) is 10.1. The first-order valence-corrected chi connectivity index (χ1v) is 13.0. The van der Waals surface area contributed by atoms with Crippen molar-refractivity contribution in [1.82, 2.24) is 15.4 Å². The van der Waals surface area contributed by atoms with Gasteiger partial charge < -0.3 is 10.2 Å². The number of aryl methyl sites for hydroxylation is 2. The van der Waals surface area contributed by atoms with E-state index in [-0.39, 0.29) is 6.54 Å². The largest absolute Gasteiger partial charge is 0.347 e. The Labute approximate surface area is 237 Å². The molecule has 0 aromatic heterocycles. The summed E-state index contributed by atoms with van der Waals surface area (Å²) in [5.74, 6) is -0.551. The Morgan fingerprint density at radius 2 is 1.57 bits per heavy atom. The van der Waals surface area contributed by atoms with Crippen LogP contribution in [0.1, 0.15) is 30.5 Å². The highest BCUT2D eigenvalue weighted by Crippen LogP contribution is 2.38. The third kappa shape index (κ3) is 6.24. The first kappa shape index (κ1) is 28.6. The van der Waals surface area contributed by atoms with E-state index in [0.717, 1.165) is 16.7 Å². The highest BCUT2D eigenvalue weighted by molar-refractivity contribution is 6.30. The average Bonchev–Trinajstić information content (AvgIpc) is 3.11. The molecule has 0 spiro atoms. The van der Waals surface area contributed by atoms with E-state index in [2.05, 4.69) is 15.8 Å². The van der Waals surface area contributed by atoms with Crippen LogP contribution in [0.3, 0.4) is 0 Å². The zero-order valence-corrected chi connectivity index (χ0v) is 23.4. The Morgan fingerprint density at radius 3 is 2.17 bits per heavy atom. The fourth-order valence-corrected chi connectivity index (χ4v) is 4.53. The Morgan fingerprint density at radius 1 is 1.00 bits per heavy atom. The van der Waals surface area contributed by atoms with Gasteiger partial charge in [-0.1, -0.05) is 59.1 Å². The number of benzene rings is 3. The quantitative estimate of drug-likeness (QED) is 0.204. The lowest BCUT2D eigenvalue weighted by molar-refractivity contribution is -0.124. The van der Waals surface area contributed by atoms with Gasteiger partial charge in [0.15, 0.2) is 6.17 Å². The van der Waals surface area contributed by atoms with Gasteiger partial charge in [-0.2, -0.15) is 10.2 Å². The molecule has 3 N–H and O–H groups in total. The zero-order valence-electron chi connectivity index (χ0n) is 22.6. The van der Waals surface area contributed by atoms with Gasteiger partial charge >= 0.3 is 12.1 Å². The number of hydroxylamine groups is 2. The van der Waals surface area contributed by atoms with Gasteiger partial charge in [0.25, 0.3) is 5.91 Å². The van der Waals surface area contributed by atoms with E-state index in [9.17, 15) is 19.6 Å². The number of hydrogen-bond acceptors (Lipinski definition) is 5. The van der Waals surface area contributed by atoms with Crippen molar-refractivity contribution in [2.75, 3.05) is 16.8 Å². The lowest BCUT2D eigenvalue weighted by Crippen LogP contribution is -2.58. The molecule has 0 saturated carbocycles. The van der Waals surface area contributed by atoms with Crippen LogP contribution in [0, 0.1) is 13.8 Å². The molecule has 11 heteroatoms. The monoisotopic (exact) mass is 562 g/mol. The molecule has 4 rings (SSSR count). The molecule has 1 aliphatic heterocycles. The Kier molecular flexibility index (Phi) is 8.41. The van der Waals surface area contributed by atoms with Crippen LogP contribution in [0.25, 0.3) is 0 Å². The Balaban J connectivity index is 1.57. The van der Waals surface area contributed by atoms with Crippen LogP contribution in [-0.4, -0.2) is 57.6 Å². The van der Waals surface area contributed by atoms with Crippen LogP contribution in [0.5, 0.6) is 0 Å². The highest BCUT2D eigenvalue weighted by Gasteiger charge is 2.56. The van der Waals surface area contributed by atoms with Crippen LogP contribution >= 0.6 is 11.6 Å². The molecule has 0 aliphatic carbocycles. The first-order chi connectivity index (χ1) is 19.0. The molecule has 208 valence electrons. The second-order valence-corrected chi connectivity index (χ2v) is 10.5. The number of nitrogens with one attached hydrogen (secondary N) is 2. The lowest BCUT2D eigenvalue weighted by Gasteiger charge is -2.38. The molecule has 1 aliphatic rings. The maximum Gasteiger partial charge on any atom is 0.347 e. The number of rotatable bonds is 7. The molecule has 1 saturated heterocycles. The second kappa shape index (κ2) is 11.8. The van der Waals surface area contributed by atoms with E-state index in [1.54, 1.807) is 62.4 Å². The molecule has 3 aromatic carbocycles. The van der Waals surface area contributed by atoms with Gasteiger partial charge in [0.05, 0.1) is 11.8 Å². The molecule has 1 fully saturated rings. The first-order valence-electron chi connectivity index (χ1n) is 12.6. The van der Waals surface area contributed by atoms with E-state index in [4.69, 9.17) is 11.6 Å². The maximum atomic E-state index is 13.8. The molecule has 40 heavy (non-hydrogen) atoms. The minimum absolute atomic E-state index is 0.365. The van der Waals surface area contributed by atoms with Gasteiger partial charge in [-0.3, -0.25) is 14.9 Å². The SMILES string of the molecule is Cc1ccc(NC(=O)N(O)C2N(c3ccc(C)cc3)C(=O)N(CC(=O)NN=Cc3ccc(Cl)cc3)C2(C)C)cc1. The molecule has 1 atom stereocenters. The summed E-state index contributed by atoms with van der Waals surface area (Å²) >= 11 is 5.89. The fraction of sp³-hybridized carbons (Fsp3) is 0.241. The van der Waals surface area contributed by atoms with Crippen molar-refractivity contribution in [3.8, 4) is 0 Å². The maximum absolute atomic E-state index is 13.8. The summed E-state index contributed by atoms with van der Waals surface area (Å²) in [6.07, 6.45) is 0.288. The summed E-state index contributed by atoms with van der Waals surface area (Å²) in [7, 11) is 0. The smallest absolute Gasteiger partial charge is 0.306 e. The number of amides is 5. The van der Waals surface area contributed by atoms with Gasteiger partial charge in [-0.05, 0) is 69.7 Å². The molecular weight excluding hydrogens is 532 g/mol. The number of carbonyl (C=O) groups is 3. The number of hydrazone groups is 1. The van der Waals surface area contributed by atoms with Gasteiger partial charge in [0.2, 0.25) is 0 Å². The number of carbonyl (C=O) groups excluding carboxylic acids is 3. The van der Waals surface area contributed by atoms with Crippen molar-refractivity contribution in [2.45, 2.75) is 39.4 Å². The predicted octanol–water partition coefficient (Wildman–Crippen LogP) is 5.38. The standard InChI is InChI=1S/C29H31ClN6O4/c1-19-5-13-23(14-6-19)32-27(38)36(40)26-29(3,4)34(28(39)35(26)24-15-7-20(2)8-16-24)18-25(37)33-31-17-21-9-11-22(30)12-10-21/h5-17,26,40H,18H2,1-4H3,(H,32,38)(H,33,37). The topological polar surface area (TPSA) is 118 Å². The third-order valence-corrected chi connectivity index (χ3v) is 6.89. The summed E-state index contributed by atoms with van der Waals surface area (Å²) in [5, 5.41) is 18.9. The van der Waals surface area contributed by atoms with E-state index in [1.807, 2.05) is 38.1 Å². The van der Waals surface area contributed by atoms with E-state index in [0.29, 0.717) is 21.5 Å². The van der Waals surface area contributed by atoms with Crippen LogP contribution in [0.4, 0.5) is 21.0 Å². The lowest BCUT2D eigenvalue weighted by atomic mass is 9.99. The molecule has 0 bridgehead atoms. The van der Waals surface area contributed by atoms with Crippen LogP contribution < -0.4 is 15.6 Å². The van der Waals surface area contributed by atoms with Crippen LogP contribution in [0.2, 0.25) is 5.02 Å². The molecule has 3 aromatic rings. The van der Waals surface area contributed by atoms with Crippen LogP contribution in [-0.2, 0) is 4.79 Å². The number of halogens is 1. The number of nitrogens with zero attached hydrogens (tertiary/aromatic N) is 4. The number of urea groups is 2. The minimum atomic E-state index is -1.20. The molecule has 1 unspecified atom stereocenters. The minimum Gasteiger partial charge on any atom is -0.306 e. The molecule has 10 nitrogen and oxygen atoms in total. The Hall–Kier alpha value is -4.41. The zero-order chi connectivity index (χ0) is 29.0. The van der Waals surface area contributed by atoms with Gasteiger partial charge in [0, 0.05) is 16.4 Å². The summed E-state index contributed by atoms with van der Waals surface area (Å²) in [6, 6.07) is 19.7. The van der Waals surface area contributed by atoms with Crippen molar-refractivity contribution in [3.05, 3.63) is 94.5 Å². The van der Waals surface area contributed by atoms with Gasteiger partial charge in [-0.15, -0.1) is 0 Å². The normalized spacial score (nSPS) is 16.4. The van der Waals surface area contributed by atoms with E-state index < -0.39 is 29.7 Å². The summed E-state index contributed by atoms with van der Waals surface area (Å²) in [5.41, 5.74) is 4.88. The molecule has 1 heterocycles. The van der Waals surface area contributed by atoms with Crippen molar-refractivity contribution >= 4 is 47.2 Å². The van der Waals surface area contributed by atoms with Crippen molar-refractivity contribution in [2.24, 2.45) is 5.10 Å². The highest BCUT2D eigenvalue weighted by atomic mass is 35.5. The average molecular weight is 563 g/mol. The Bertz CT molecular complexity index is 1410. The van der Waals surface area contributed by atoms with Gasteiger partial charge in [0.1, 0.15) is 6.54 Å². The number of anilines is 2. The van der Waals surface area contributed by atoms with Crippen LogP contribution in [0.15, 0.2) is 77.9 Å². The van der Waals surface area contributed by atoms with Gasteiger partial charge in [-0.25, -0.2) is 15.0 Å². The van der Waals surface area contributed by atoms with E-state index >= 15 is 0 Å². The van der Waals surface area contributed by atoms with E-state index in [1.165, 1.54) is 16.0 Å². The predicted molar refractivity (Wildman–Crippen MR) is 155 cm³/mol. The summed E-state index contributed by atoms with van der Waals surface area (Å²) in [4.78, 5) is 42.3. The molecular formula is C29H31ClN6O4. The number of hydrogen-bond donors (Lipinski definition) is 3. The molecule has 0 radical (unpaired) electrons. The van der Waals surface area contributed by atoms with Crippen molar-refractivity contribution in [1.29, 1.82) is 0 Å². The van der Waals surface area contributed by atoms with Crippen molar-refractivity contribution in [3.63, 3.8) is 0 Å². The molecule has 5 amide bonds. The third-order valence-electron chi connectivity index (χ3n) is 6.64. The summed E-state index contributed by atoms with van der Waals surface area (Å²) < 4.78 is 0.